The highest BCUT2D eigenvalue weighted by Crippen LogP contribution is 2.23. The topological polar surface area (TPSA) is 66.4 Å². The van der Waals surface area contributed by atoms with Crippen LogP contribution in [0.5, 0.6) is 0 Å². The maximum absolute atomic E-state index is 13.0. The molecule has 1 amide bonds. The number of nitrogens with zero attached hydrogens (tertiary/aromatic N) is 2. The summed E-state index contributed by atoms with van der Waals surface area (Å²) in [5, 5.41) is 5.45. The van der Waals surface area contributed by atoms with E-state index >= 15 is 0 Å². The van der Waals surface area contributed by atoms with E-state index in [9.17, 15) is 9.18 Å². The summed E-state index contributed by atoms with van der Waals surface area (Å²) in [6.07, 6.45) is 2.54. The molecule has 1 aliphatic heterocycles. The fourth-order valence-electron chi connectivity index (χ4n) is 1.56. The highest BCUT2D eigenvalue weighted by Gasteiger charge is 2.42. The fraction of sp³-hybridized carbons (Fsp3) is 0.300. The van der Waals surface area contributed by atoms with Crippen molar-refractivity contribution in [2.45, 2.75) is 12.5 Å². The molecule has 0 aliphatic carbocycles. The van der Waals surface area contributed by atoms with Gasteiger partial charge in [-0.2, -0.15) is 0 Å². The van der Waals surface area contributed by atoms with Gasteiger partial charge in [0.2, 0.25) is 0 Å². The molecule has 5 nitrogen and oxygen atoms in total. The van der Waals surface area contributed by atoms with Gasteiger partial charge in [0.15, 0.2) is 5.96 Å². The average Bonchev–Trinajstić information content (AvgIpc) is 2.56. The highest BCUT2D eigenvalue weighted by atomic mass is 19.1. The molecule has 0 aromatic carbocycles. The van der Waals surface area contributed by atoms with E-state index in [1.54, 1.807) is 14.0 Å². The number of guanidine groups is 1. The normalized spacial score (nSPS) is 26.7. The molecule has 6 heteroatoms. The second-order valence-corrected chi connectivity index (χ2v) is 3.67. The second kappa shape index (κ2) is 3.55. The predicted octanol–water partition coefficient (Wildman–Crippen LogP) is 0.141. The van der Waals surface area contributed by atoms with Crippen molar-refractivity contribution in [2.24, 2.45) is 4.99 Å². The first-order valence-electron chi connectivity index (χ1n) is 4.74. The van der Waals surface area contributed by atoms with Crippen molar-refractivity contribution in [1.82, 2.24) is 15.6 Å². The Hall–Kier alpha value is -1.98. The number of carbonyl (C=O) groups excluding carboxylic acids is 1. The molecule has 84 valence electrons. The molecule has 2 heterocycles. The molecule has 1 saturated heterocycles. The number of amides is 1. The lowest BCUT2D eigenvalue weighted by molar-refractivity contribution is -0.123. The van der Waals surface area contributed by atoms with Crippen LogP contribution in [0.3, 0.4) is 0 Å². The lowest BCUT2D eigenvalue weighted by Crippen LogP contribution is -2.40. The molecule has 0 bridgehead atoms. The molecule has 16 heavy (non-hydrogen) atoms. The Morgan fingerprint density at radius 3 is 2.81 bits per heavy atom. The molecule has 0 radical (unpaired) electrons. The van der Waals surface area contributed by atoms with E-state index < -0.39 is 11.4 Å². The number of nitrogens with one attached hydrogen (secondary N) is 2. The van der Waals surface area contributed by atoms with Gasteiger partial charge in [-0.25, -0.2) is 4.39 Å². The molecule has 2 rings (SSSR count). The quantitative estimate of drug-likeness (QED) is 0.710. The molecule has 0 saturated carbocycles. The third-order valence-corrected chi connectivity index (χ3v) is 2.56. The van der Waals surface area contributed by atoms with Crippen molar-refractivity contribution in [1.29, 1.82) is 0 Å². The Morgan fingerprint density at radius 1 is 1.50 bits per heavy atom. The SMILES string of the molecule is CN=C1NC(=O)C(C)(c2cncc(F)c2)N1. The summed E-state index contributed by atoms with van der Waals surface area (Å²) in [6, 6.07) is 1.28. The molecular weight excluding hydrogens is 211 g/mol. The van der Waals surface area contributed by atoms with Gasteiger partial charge in [-0.1, -0.05) is 0 Å². The molecule has 1 aromatic heterocycles. The number of pyridine rings is 1. The highest BCUT2D eigenvalue weighted by molar-refractivity contribution is 6.09. The van der Waals surface area contributed by atoms with Gasteiger partial charge in [0, 0.05) is 18.8 Å². The van der Waals surface area contributed by atoms with Crippen LogP contribution >= 0.6 is 0 Å². The van der Waals surface area contributed by atoms with E-state index in [0.29, 0.717) is 11.5 Å². The van der Waals surface area contributed by atoms with Crippen LogP contribution in [0.2, 0.25) is 0 Å². The molecule has 2 N–H and O–H groups in total. The van der Waals surface area contributed by atoms with E-state index in [2.05, 4.69) is 20.6 Å². The zero-order chi connectivity index (χ0) is 11.8. The van der Waals surface area contributed by atoms with Crippen LogP contribution in [-0.2, 0) is 10.3 Å². The van der Waals surface area contributed by atoms with E-state index in [1.807, 2.05) is 0 Å². The largest absolute Gasteiger partial charge is 0.338 e. The third-order valence-electron chi connectivity index (χ3n) is 2.56. The average molecular weight is 222 g/mol. The lowest BCUT2D eigenvalue weighted by Gasteiger charge is -2.20. The molecule has 1 atom stereocenters. The van der Waals surface area contributed by atoms with Gasteiger partial charge in [0.1, 0.15) is 11.4 Å². The van der Waals surface area contributed by atoms with Crippen LogP contribution in [0.25, 0.3) is 0 Å². The lowest BCUT2D eigenvalue weighted by atomic mass is 9.94. The van der Waals surface area contributed by atoms with Crippen molar-refractivity contribution >= 4 is 11.9 Å². The van der Waals surface area contributed by atoms with Gasteiger partial charge in [-0.3, -0.25) is 20.1 Å². The van der Waals surface area contributed by atoms with Gasteiger partial charge < -0.3 is 5.32 Å². The molecule has 1 aliphatic rings. The minimum absolute atomic E-state index is 0.277. The number of hydrogen-bond donors (Lipinski definition) is 2. The first kappa shape index (κ1) is 10.5. The van der Waals surface area contributed by atoms with Crippen molar-refractivity contribution in [2.75, 3.05) is 7.05 Å². The number of halogens is 1. The monoisotopic (exact) mass is 222 g/mol. The summed E-state index contributed by atoms with van der Waals surface area (Å²) in [7, 11) is 1.55. The molecular formula is C10H11FN4O. The number of hydrogen-bond acceptors (Lipinski definition) is 3. The Labute approximate surface area is 91.8 Å². The summed E-state index contributed by atoms with van der Waals surface area (Å²) in [6.45, 7) is 1.65. The Balaban J connectivity index is 2.43. The molecule has 1 fully saturated rings. The van der Waals surface area contributed by atoms with E-state index in [4.69, 9.17) is 0 Å². The molecule has 1 aromatic rings. The summed E-state index contributed by atoms with van der Waals surface area (Å²) in [5.41, 5.74) is -0.562. The number of aromatic nitrogens is 1. The standard InChI is InChI=1S/C10H11FN4O/c1-10(6-3-7(11)5-13-4-6)8(16)14-9(12-2)15-10/h3-5H,1-2H3,(H2,12,14,15,16). The molecule has 1 unspecified atom stereocenters. The van der Waals surface area contributed by atoms with Crippen LogP contribution in [0, 0.1) is 5.82 Å². The zero-order valence-electron chi connectivity index (χ0n) is 8.91. The van der Waals surface area contributed by atoms with Crippen LogP contribution in [0.4, 0.5) is 4.39 Å². The van der Waals surface area contributed by atoms with Crippen molar-refractivity contribution < 1.29 is 9.18 Å². The van der Waals surface area contributed by atoms with Crippen molar-refractivity contribution in [3.63, 3.8) is 0 Å². The van der Waals surface area contributed by atoms with E-state index in [0.717, 1.165) is 6.20 Å². The number of rotatable bonds is 1. The van der Waals surface area contributed by atoms with Gasteiger partial charge in [-0.15, -0.1) is 0 Å². The van der Waals surface area contributed by atoms with E-state index in [1.165, 1.54) is 12.3 Å². The van der Waals surface area contributed by atoms with Crippen molar-refractivity contribution in [3.05, 3.63) is 29.8 Å². The number of aliphatic imine (C=N–C) groups is 1. The van der Waals surface area contributed by atoms with Crippen LogP contribution in [0.15, 0.2) is 23.5 Å². The minimum Gasteiger partial charge on any atom is -0.338 e. The summed E-state index contributed by atoms with van der Waals surface area (Å²) in [5.74, 6) is -0.382. The van der Waals surface area contributed by atoms with Gasteiger partial charge in [0.05, 0.1) is 6.20 Å². The van der Waals surface area contributed by atoms with Crippen LogP contribution in [-0.4, -0.2) is 23.9 Å². The first-order valence-corrected chi connectivity index (χ1v) is 4.74. The fourth-order valence-corrected chi connectivity index (χ4v) is 1.56. The van der Waals surface area contributed by atoms with E-state index in [-0.39, 0.29) is 5.91 Å². The van der Waals surface area contributed by atoms with Gasteiger partial charge in [0.25, 0.3) is 5.91 Å². The Bertz CT molecular complexity index is 474. The third kappa shape index (κ3) is 1.52. The summed E-state index contributed by atoms with van der Waals surface area (Å²) >= 11 is 0. The van der Waals surface area contributed by atoms with Crippen molar-refractivity contribution in [3.8, 4) is 0 Å². The first-order chi connectivity index (χ1) is 7.56. The summed E-state index contributed by atoms with van der Waals surface area (Å²) in [4.78, 5) is 19.3. The maximum Gasteiger partial charge on any atom is 0.256 e. The number of carbonyl (C=O) groups is 1. The Morgan fingerprint density at radius 2 is 2.25 bits per heavy atom. The smallest absolute Gasteiger partial charge is 0.256 e. The van der Waals surface area contributed by atoms with Crippen LogP contribution < -0.4 is 10.6 Å². The maximum atomic E-state index is 13.0. The minimum atomic E-state index is -1.02. The predicted molar refractivity (Wildman–Crippen MR) is 56.2 cm³/mol. The second-order valence-electron chi connectivity index (χ2n) is 3.67. The molecule has 0 spiro atoms. The van der Waals surface area contributed by atoms with Gasteiger partial charge >= 0.3 is 0 Å². The van der Waals surface area contributed by atoms with Crippen LogP contribution in [0.1, 0.15) is 12.5 Å². The zero-order valence-corrected chi connectivity index (χ0v) is 8.91. The summed E-state index contributed by atoms with van der Waals surface area (Å²) < 4.78 is 13.0. The van der Waals surface area contributed by atoms with Gasteiger partial charge in [-0.05, 0) is 13.0 Å². The Kier molecular flexibility index (Phi) is 2.34.